The summed E-state index contributed by atoms with van der Waals surface area (Å²) in [7, 11) is 0. The number of amidine groups is 1. The zero-order valence-electron chi connectivity index (χ0n) is 21.3. The lowest BCUT2D eigenvalue weighted by molar-refractivity contribution is -0.122. The molecule has 1 aliphatic heterocycles. The molecule has 1 saturated heterocycles. The summed E-state index contributed by atoms with van der Waals surface area (Å²) in [5.41, 5.74) is 3.26. The first-order valence-electron chi connectivity index (χ1n) is 12.3. The number of benzene rings is 4. The smallest absolute Gasteiger partial charge is 0.335 e. The Hall–Kier alpha value is -3.73. The molecule has 41 heavy (non-hydrogen) atoms. The number of carbonyl (C=O) groups is 2. The molecule has 4 aromatic rings. The van der Waals surface area contributed by atoms with E-state index in [1.54, 1.807) is 35.2 Å². The van der Waals surface area contributed by atoms with Crippen LogP contribution in [0.2, 0.25) is 0 Å². The number of ether oxygens (including phenoxy) is 1. The molecule has 0 bridgehead atoms. The highest BCUT2D eigenvalue weighted by Crippen LogP contribution is 2.39. The van der Waals surface area contributed by atoms with Crippen LogP contribution >= 0.6 is 43.6 Å². The number of carboxylic acids is 1. The molecule has 10 heteroatoms. The molecular formula is C31H21Br2FN2O4S. The first-order chi connectivity index (χ1) is 19.8. The maximum absolute atomic E-state index is 13.6. The predicted octanol–water partition coefficient (Wildman–Crippen LogP) is 8.43. The standard InChI is InChI=1S/C31H21Br2FN2O4S/c32-25-14-21(15-26(33)28(25)40-18-20-8-12-23(34)13-9-20)16-27-29(37)36(17-19-6-10-22(11-7-19)30(38)39)31(41-27)35-24-4-2-1-3-5-24/h1-16H,17-18H2,(H,38,39)/b27-16-,35-31?. The van der Waals surface area contributed by atoms with Gasteiger partial charge in [-0.05, 0) is 115 Å². The number of rotatable bonds is 8. The number of carboxylic acid groups (broad SMARTS) is 1. The van der Waals surface area contributed by atoms with E-state index in [0.717, 1.165) is 16.7 Å². The highest BCUT2D eigenvalue weighted by atomic mass is 79.9. The summed E-state index contributed by atoms with van der Waals surface area (Å²) in [6, 6.07) is 25.6. The van der Waals surface area contributed by atoms with Crippen molar-refractivity contribution in [2.24, 2.45) is 4.99 Å². The number of halogens is 3. The van der Waals surface area contributed by atoms with Crippen LogP contribution < -0.4 is 4.74 Å². The van der Waals surface area contributed by atoms with Crippen LogP contribution in [0.1, 0.15) is 27.0 Å². The molecule has 1 aliphatic rings. The van der Waals surface area contributed by atoms with Gasteiger partial charge in [-0.15, -0.1) is 0 Å². The van der Waals surface area contributed by atoms with E-state index in [-0.39, 0.29) is 30.4 Å². The molecular weight excluding hydrogens is 675 g/mol. The summed E-state index contributed by atoms with van der Waals surface area (Å²) >= 11 is 8.40. The van der Waals surface area contributed by atoms with Gasteiger partial charge < -0.3 is 9.84 Å². The molecule has 0 spiro atoms. The fraction of sp³-hybridized carbons (Fsp3) is 0.0645. The zero-order valence-corrected chi connectivity index (χ0v) is 25.2. The number of hydrogen-bond acceptors (Lipinski definition) is 5. The molecule has 0 radical (unpaired) electrons. The van der Waals surface area contributed by atoms with Gasteiger partial charge in [-0.3, -0.25) is 9.69 Å². The molecule has 206 valence electrons. The van der Waals surface area contributed by atoms with Crippen LogP contribution in [-0.2, 0) is 17.9 Å². The summed E-state index contributed by atoms with van der Waals surface area (Å²) in [4.78, 5) is 31.6. The predicted molar refractivity (Wildman–Crippen MR) is 166 cm³/mol. The maximum Gasteiger partial charge on any atom is 0.335 e. The molecule has 1 heterocycles. The van der Waals surface area contributed by atoms with Crippen LogP contribution in [0.25, 0.3) is 6.08 Å². The van der Waals surface area contributed by atoms with E-state index >= 15 is 0 Å². The zero-order chi connectivity index (χ0) is 28.9. The molecule has 1 amide bonds. The topological polar surface area (TPSA) is 79.2 Å². The van der Waals surface area contributed by atoms with Gasteiger partial charge in [-0.25, -0.2) is 14.2 Å². The van der Waals surface area contributed by atoms with Crippen LogP contribution in [-0.4, -0.2) is 27.1 Å². The summed E-state index contributed by atoms with van der Waals surface area (Å²) in [6.45, 7) is 0.492. The third-order valence-electron chi connectivity index (χ3n) is 6.03. The Morgan fingerprint density at radius 3 is 2.22 bits per heavy atom. The molecule has 0 unspecified atom stereocenters. The fourth-order valence-corrected chi connectivity index (χ4v) is 6.42. The van der Waals surface area contributed by atoms with Crippen molar-refractivity contribution in [2.75, 3.05) is 0 Å². The Morgan fingerprint density at radius 1 is 0.951 bits per heavy atom. The molecule has 0 saturated carbocycles. The molecule has 1 N–H and O–H groups in total. The van der Waals surface area contributed by atoms with E-state index in [0.29, 0.717) is 30.5 Å². The minimum atomic E-state index is -1.01. The average Bonchev–Trinajstić information content (AvgIpc) is 3.23. The van der Waals surface area contributed by atoms with Gasteiger partial charge in [0.15, 0.2) is 5.17 Å². The number of aromatic carboxylic acids is 1. The number of carbonyl (C=O) groups excluding carboxylic acids is 1. The minimum absolute atomic E-state index is 0.177. The second kappa shape index (κ2) is 12.8. The molecule has 1 fully saturated rings. The summed E-state index contributed by atoms with van der Waals surface area (Å²) in [6.07, 6.45) is 1.79. The second-order valence-electron chi connectivity index (χ2n) is 8.96. The largest absolute Gasteiger partial charge is 0.487 e. The lowest BCUT2D eigenvalue weighted by Gasteiger charge is -2.16. The van der Waals surface area contributed by atoms with Gasteiger partial charge in [-0.2, -0.15) is 0 Å². The van der Waals surface area contributed by atoms with E-state index in [1.807, 2.05) is 42.5 Å². The van der Waals surface area contributed by atoms with Gasteiger partial charge in [0.1, 0.15) is 18.2 Å². The van der Waals surface area contributed by atoms with Crippen LogP contribution in [0.5, 0.6) is 5.75 Å². The minimum Gasteiger partial charge on any atom is -0.487 e. The third kappa shape index (κ3) is 7.13. The Bertz CT molecular complexity index is 1640. The maximum atomic E-state index is 13.6. The molecule has 0 aliphatic carbocycles. The molecule has 6 nitrogen and oxygen atoms in total. The molecule has 4 aromatic carbocycles. The number of amides is 1. The lowest BCUT2D eigenvalue weighted by Crippen LogP contribution is -2.28. The number of nitrogens with zero attached hydrogens (tertiary/aromatic N) is 2. The van der Waals surface area contributed by atoms with Gasteiger partial charge in [0, 0.05) is 0 Å². The number of para-hydroxylation sites is 1. The molecule has 0 atom stereocenters. The highest BCUT2D eigenvalue weighted by molar-refractivity contribution is 9.11. The Kier molecular flexibility index (Phi) is 9.02. The van der Waals surface area contributed by atoms with Crippen molar-refractivity contribution in [2.45, 2.75) is 13.2 Å². The van der Waals surface area contributed by atoms with Gasteiger partial charge in [0.2, 0.25) is 0 Å². The SMILES string of the molecule is O=C(O)c1ccc(CN2C(=O)/C(=C/c3cc(Br)c(OCc4ccc(F)cc4)c(Br)c3)SC2=Nc2ccccc2)cc1. The van der Waals surface area contributed by atoms with Gasteiger partial charge >= 0.3 is 5.97 Å². The van der Waals surface area contributed by atoms with Gasteiger partial charge in [-0.1, -0.05) is 42.5 Å². The van der Waals surface area contributed by atoms with E-state index in [1.165, 1.54) is 36.0 Å². The van der Waals surface area contributed by atoms with Crippen molar-refractivity contribution in [3.8, 4) is 5.75 Å². The lowest BCUT2D eigenvalue weighted by atomic mass is 10.1. The number of aliphatic imine (C=N–C) groups is 1. The van der Waals surface area contributed by atoms with E-state index in [2.05, 4.69) is 31.9 Å². The van der Waals surface area contributed by atoms with Crippen molar-refractivity contribution in [1.29, 1.82) is 0 Å². The van der Waals surface area contributed by atoms with E-state index < -0.39 is 5.97 Å². The Labute approximate surface area is 256 Å². The average molecular weight is 696 g/mol. The third-order valence-corrected chi connectivity index (χ3v) is 8.21. The fourth-order valence-electron chi connectivity index (χ4n) is 3.97. The van der Waals surface area contributed by atoms with Crippen molar-refractivity contribution in [3.05, 3.63) is 133 Å². The summed E-state index contributed by atoms with van der Waals surface area (Å²) < 4.78 is 20.5. The van der Waals surface area contributed by atoms with Gasteiger partial charge in [0.25, 0.3) is 5.91 Å². The van der Waals surface area contributed by atoms with Crippen LogP contribution in [0.3, 0.4) is 0 Å². The normalized spacial score (nSPS) is 15.1. The van der Waals surface area contributed by atoms with Crippen LogP contribution in [0.15, 0.2) is 110 Å². The highest BCUT2D eigenvalue weighted by Gasteiger charge is 2.33. The second-order valence-corrected chi connectivity index (χ2v) is 11.7. The summed E-state index contributed by atoms with van der Waals surface area (Å²) in [5, 5.41) is 9.73. The number of hydrogen-bond donors (Lipinski definition) is 1. The van der Waals surface area contributed by atoms with Crippen molar-refractivity contribution in [3.63, 3.8) is 0 Å². The monoisotopic (exact) mass is 694 g/mol. The first-order valence-corrected chi connectivity index (χ1v) is 14.7. The Morgan fingerprint density at radius 2 is 1.59 bits per heavy atom. The van der Waals surface area contributed by atoms with Crippen molar-refractivity contribution < 1.29 is 23.8 Å². The first kappa shape index (κ1) is 28.8. The Balaban J connectivity index is 1.40. The molecule has 0 aromatic heterocycles. The molecule has 5 rings (SSSR count). The van der Waals surface area contributed by atoms with Crippen molar-refractivity contribution >= 4 is 72.4 Å². The summed E-state index contributed by atoms with van der Waals surface area (Å²) in [5.74, 6) is -0.944. The van der Waals surface area contributed by atoms with E-state index in [9.17, 15) is 19.1 Å². The van der Waals surface area contributed by atoms with Crippen molar-refractivity contribution in [1.82, 2.24) is 4.90 Å². The van der Waals surface area contributed by atoms with Crippen LogP contribution in [0.4, 0.5) is 10.1 Å². The van der Waals surface area contributed by atoms with Gasteiger partial charge in [0.05, 0.1) is 31.6 Å². The van der Waals surface area contributed by atoms with Crippen LogP contribution in [0, 0.1) is 5.82 Å². The quantitative estimate of drug-likeness (QED) is 0.187. The van der Waals surface area contributed by atoms with E-state index in [4.69, 9.17) is 9.73 Å². The number of thioether (sulfide) groups is 1.